The van der Waals surface area contributed by atoms with Gasteiger partial charge in [-0.15, -0.1) is 0 Å². The van der Waals surface area contributed by atoms with E-state index in [1.54, 1.807) is 22.7 Å². The average molecular weight is 282 g/mol. The first-order valence-corrected chi connectivity index (χ1v) is 6.43. The molecule has 0 saturated carbocycles. The molecule has 1 aromatic carbocycles. The minimum absolute atomic E-state index is 0.337. The van der Waals surface area contributed by atoms with Crippen LogP contribution in [-0.2, 0) is 0 Å². The van der Waals surface area contributed by atoms with E-state index in [0.29, 0.717) is 22.7 Å². The third-order valence-corrected chi connectivity index (χ3v) is 3.54. The summed E-state index contributed by atoms with van der Waals surface area (Å²) in [6.45, 7) is 1.90. The molecule has 3 heterocycles. The molecule has 104 valence electrons. The quantitative estimate of drug-likeness (QED) is 0.582. The fourth-order valence-electron chi connectivity index (χ4n) is 2.62. The maximum absolute atomic E-state index is 13.4. The third-order valence-electron chi connectivity index (χ3n) is 3.54. The van der Waals surface area contributed by atoms with E-state index >= 15 is 0 Å². The standard InChI is InChI=1S/C15H11FN4O/c1-8-11-5-6-18-15(17)20(11)14(19-8)9-3-2-4-12-10(9)7-13(16)21-12/h2-7H,1H3,(H2,17,18). The summed E-state index contributed by atoms with van der Waals surface area (Å²) in [6, 6.07) is 7.95. The summed E-state index contributed by atoms with van der Waals surface area (Å²) < 4.78 is 20.2. The van der Waals surface area contributed by atoms with Crippen LogP contribution in [0.25, 0.3) is 27.9 Å². The van der Waals surface area contributed by atoms with E-state index in [1.165, 1.54) is 6.07 Å². The van der Waals surface area contributed by atoms with E-state index in [0.717, 1.165) is 16.8 Å². The maximum atomic E-state index is 13.4. The van der Waals surface area contributed by atoms with Gasteiger partial charge in [-0.05, 0) is 19.1 Å². The van der Waals surface area contributed by atoms with Crippen molar-refractivity contribution in [3.63, 3.8) is 0 Å². The van der Waals surface area contributed by atoms with Gasteiger partial charge in [0, 0.05) is 23.2 Å². The molecule has 2 N–H and O–H groups in total. The van der Waals surface area contributed by atoms with E-state index in [2.05, 4.69) is 9.97 Å². The van der Waals surface area contributed by atoms with Gasteiger partial charge in [0.2, 0.25) is 5.95 Å². The van der Waals surface area contributed by atoms with Gasteiger partial charge in [-0.25, -0.2) is 9.97 Å². The van der Waals surface area contributed by atoms with Gasteiger partial charge in [-0.1, -0.05) is 12.1 Å². The Morgan fingerprint density at radius 1 is 1.29 bits per heavy atom. The molecule has 0 atom stereocenters. The number of hydrogen-bond acceptors (Lipinski definition) is 4. The van der Waals surface area contributed by atoms with Gasteiger partial charge in [0.25, 0.3) is 6.01 Å². The second kappa shape index (κ2) is 4.05. The van der Waals surface area contributed by atoms with Crippen molar-refractivity contribution in [2.45, 2.75) is 6.92 Å². The molecule has 0 radical (unpaired) electrons. The first-order valence-electron chi connectivity index (χ1n) is 6.43. The molecule has 6 heteroatoms. The van der Waals surface area contributed by atoms with Crippen molar-refractivity contribution in [2.75, 3.05) is 5.73 Å². The van der Waals surface area contributed by atoms with Crippen molar-refractivity contribution in [3.05, 3.63) is 48.2 Å². The summed E-state index contributed by atoms with van der Waals surface area (Å²) >= 11 is 0. The Hall–Kier alpha value is -2.89. The molecular formula is C15H11FN4O. The Morgan fingerprint density at radius 3 is 3.00 bits per heavy atom. The minimum Gasteiger partial charge on any atom is -0.431 e. The predicted molar refractivity (Wildman–Crippen MR) is 77.3 cm³/mol. The predicted octanol–water partition coefficient (Wildman–Crippen LogP) is 3.17. The number of anilines is 1. The number of rotatable bonds is 1. The number of imidazole rings is 1. The Balaban J connectivity index is 2.14. The number of nitrogens with zero attached hydrogens (tertiary/aromatic N) is 3. The topological polar surface area (TPSA) is 69.3 Å². The van der Waals surface area contributed by atoms with Crippen LogP contribution in [-0.4, -0.2) is 14.4 Å². The summed E-state index contributed by atoms with van der Waals surface area (Å²) in [7, 11) is 0. The molecule has 3 aromatic heterocycles. The van der Waals surface area contributed by atoms with Gasteiger partial charge >= 0.3 is 0 Å². The number of aryl methyl sites for hydroxylation is 1. The van der Waals surface area contributed by atoms with Crippen LogP contribution in [0.5, 0.6) is 0 Å². The molecule has 0 aliphatic carbocycles. The number of nitrogens with two attached hydrogens (primary N) is 1. The van der Waals surface area contributed by atoms with Crippen LogP contribution in [0, 0.1) is 12.9 Å². The lowest BCUT2D eigenvalue weighted by atomic mass is 10.1. The van der Waals surface area contributed by atoms with Crippen LogP contribution >= 0.6 is 0 Å². The summed E-state index contributed by atoms with van der Waals surface area (Å²) in [5.41, 5.74) is 8.90. The monoisotopic (exact) mass is 282 g/mol. The number of furan rings is 1. The van der Waals surface area contributed by atoms with Crippen molar-refractivity contribution >= 4 is 22.4 Å². The fourth-order valence-corrected chi connectivity index (χ4v) is 2.62. The van der Waals surface area contributed by atoms with Gasteiger partial charge in [-0.3, -0.25) is 4.40 Å². The summed E-state index contributed by atoms with van der Waals surface area (Å²) in [5.74, 6) is 0.962. The summed E-state index contributed by atoms with van der Waals surface area (Å²) in [6.07, 6.45) is 1.64. The first-order chi connectivity index (χ1) is 10.1. The lowest BCUT2D eigenvalue weighted by molar-refractivity contribution is 0.381. The zero-order valence-electron chi connectivity index (χ0n) is 11.2. The van der Waals surface area contributed by atoms with Gasteiger partial charge in [0.05, 0.1) is 11.2 Å². The number of hydrogen-bond donors (Lipinski definition) is 1. The van der Waals surface area contributed by atoms with E-state index < -0.39 is 6.01 Å². The Bertz CT molecular complexity index is 986. The summed E-state index contributed by atoms with van der Waals surface area (Å²) in [4.78, 5) is 8.65. The molecule has 0 aliphatic heterocycles. The van der Waals surface area contributed by atoms with Crippen LogP contribution in [0.1, 0.15) is 5.69 Å². The third kappa shape index (κ3) is 1.62. The highest BCUT2D eigenvalue weighted by Crippen LogP contribution is 2.31. The number of halogens is 1. The van der Waals surface area contributed by atoms with Crippen LogP contribution in [0.3, 0.4) is 0 Å². The highest BCUT2D eigenvalue weighted by Gasteiger charge is 2.16. The summed E-state index contributed by atoms with van der Waals surface area (Å²) in [5, 5.41) is 0.658. The van der Waals surface area contributed by atoms with E-state index in [-0.39, 0.29) is 0 Å². The van der Waals surface area contributed by atoms with Crippen molar-refractivity contribution in [1.29, 1.82) is 0 Å². The number of benzene rings is 1. The zero-order valence-corrected chi connectivity index (χ0v) is 11.2. The van der Waals surface area contributed by atoms with E-state index in [9.17, 15) is 4.39 Å². The molecule has 0 fully saturated rings. The van der Waals surface area contributed by atoms with Crippen molar-refractivity contribution in [3.8, 4) is 11.4 Å². The Morgan fingerprint density at radius 2 is 2.14 bits per heavy atom. The fraction of sp³-hybridized carbons (Fsp3) is 0.0667. The highest BCUT2D eigenvalue weighted by molar-refractivity contribution is 5.93. The van der Waals surface area contributed by atoms with Gasteiger partial charge in [-0.2, -0.15) is 4.39 Å². The minimum atomic E-state index is -0.624. The smallest absolute Gasteiger partial charge is 0.278 e. The molecule has 0 spiro atoms. The molecule has 0 unspecified atom stereocenters. The van der Waals surface area contributed by atoms with Crippen molar-refractivity contribution in [1.82, 2.24) is 14.4 Å². The largest absolute Gasteiger partial charge is 0.431 e. The van der Waals surface area contributed by atoms with Crippen molar-refractivity contribution < 1.29 is 8.81 Å². The van der Waals surface area contributed by atoms with Gasteiger partial charge < -0.3 is 10.2 Å². The zero-order chi connectivity index (χ0) is 14.6. The van der Waals surface area contributed by atoms with E-state index in [1.807, 2.05) is 19.1 Å². The lowest BCUT2D eigenvalue weighted by Crippen LogP contribution is -2.01. The number of fused-ring (bicyclic) bond motifs is 2. The Kier molecular flexibility index (Phi) is 2.29. The van der Waals surface area contributed by atoms with Crippen LogP contribution in [0.15, 0.2) is 40.9 Å². The number of aromatic nitrogens is 3. The van der Waals surface area contributed by atoms with E-state index in [4.69, 9.17) is 10.2 Å². The Labute approximate surface area is 118 Å². The van der Waals surface area contributed by atoms with Gasteiger partial charge in [0.1, 0.15) is 11.4 Å². The second-order valence-electron chi connectivity index (χ2n) is 4.81. The van der Waals surface area contributed by atoms with Crippen LogP contribution < -0.4 is 5.73 Å². The molecule has 4 rings (SSSR count). The second-order valence-corrected chi connectivity index (χ2v) is 4.81. The normalized spacial score (nSPS) is 11.5. The first kappa shape index (κ1) is 11.9. The SMILES string of the molecule is Cc1nc(-c2cccc3oc(F)cc23)n2c(N)nccc12. The highest BCUT2D eigenvalue weighted by atomic mass is 19.1. The molecule has 4 aromatic rings. The van der Waals surface area contributed by atoms with Crippen LogP contribution in [0.4, 0.5) is 10.3 Å². The van der Waals surface area contributed by atoms with Crippen LogP contribution in [0.2, 0.25) is 0 Å². The molecule has 0 saturated heterocycles. The molecule has 0 bridgehead atoms. The maximum Gasteiger partial charge on any atom is 0.278 e. The average Bonchev–Trinajstić information content (AvgIpc) is 2.99. The number of nitrogen functional groups attached to an aromatic ring is 1. The molecular weight excluding hydrogens is 271 g/mol. The van der Waals surface area contributed by atoms with Gasteiger partial charge in [0.15, 0.2) is 0 Å². The molecule has 5 nitrogen and oxygen atoms in total. The molecule has 0 amide bonds. The molecule has 21 heavy (non-hydrogen) atoms. The lowest BCUT2D eigenvalue weighted by Gasteiger charge is -2.04. The molecule has 0 aliphatic rings. The van der Waals surface area contributed by atoms with Crippen molar-refractivity contribution in [2.24, 2.45) is 0 Å².